The largest absolute Gasteiger partial charge is 0.490 e. The molecule has 13 nitrogen and oxygen atoms in total. The number of aromatic nitrogens is 5. The number of aliphatic carboxylic acids is 1. The van der Waals surface area contributed by atoms with Crippen molar-refractivity contribution >= 4 is 34.9 Å². The molecule has 3 heterocycles. The number of aryl methyl sites for hydroxylation is 1. The maximum absolute atomic E-state index is 13.9. The Morgan fingerprint density at radius 3 is 2.53 bits per heavy atom. The standard InChI is InChI=1S/C18H21F2N9O2.C2HF3O2/c1-28-8-11(13(27-28)15(22)30)25-17(31)9-7-23-29-6-4-12(26-16(9)29)24-10-3-2-5-18(19,20)14(10)21;3-2(4,5)1(6)7/h4,6-8,10,14H,2-3,5,21H2,1H3,(H2,22,30)(H,24,26)(H,25,31);(H,6,7)/t10-,14-;/m1./s1. The predicted octanol–water partition coefficient (Wildman–Crippen LogP) is 1.37. The van der Waals surface area contributed by atoms with Crippen molar-refractivity contribution in [1.29, 1.82) is 0 Å². The number of nitrogens with one attached hydrogen (secondary N) is 2. The maximum Gasteiger partial charge on any atom is 0.490 e. The number of nitrogens with two attached hydrogens (primary N) is 2. The summed E-state index contributed by atoms with van der Waals surface area (Å²) in [5.74, 6) is -6.80. The molecule has 1 saturated carbocycles. The average Bonchev–Trinajstić information content (AvgIpc) is 3.39. The van der Waals surface area contributed by atoms with E-state index < -0.39 is 42.0 Å². The van der Waals surface area contributed by atoms with Crippen molar-refractivity contribution in [3.8, 4) is 0 Å². The molecule has 206 valence electrons. The third-order valence-corrected chi connectivity index (χ3v) is 5.45. The molecule has 38 heavy (non-hydrogen) atoms. The fraction of sp³-hybridized carbons (Fsp3) is 0.400. The third-order valence-electron chi connectivity index (χ3n) is 5.45. The van der Waals surface area contributed by atoms with Gasteiger partial charge in [-0.3, -0.25) is 14.3 Å². The Kier molecular flexibility index (Phi) is 7.84. The zero-order chi connectivity index (χ0) is 28.4. The molecule has 3 aromatic rings. The number of rotatable bonds is 5. The van der Waals surface area contributed by atoms with Crippen LogP contribution in [0.2, 0.25) is 0 Å². The molecule has 7 N–H and O–H groups in total. The summed E-state index contributed by atoms with van der Waals surface area (Å²) in [4.78, 5) is 37.5. The van der Waals surface area contributed by atoms with Crippen molar-refractivity contribution in [2.45, 2.75) is 43.4 Å². The van der Waals surface area contributed by atoms with E-state index in [2.05, 4.69) is 25.8 Å². The molecular formula is C20H22F5N9O4. The van der Waals surface area contributed by atoms with Crippen LogP contribution in [0.4, 0.5) is 33.5 Å². The first-order chi connectivity index (χ1) is 17.6. The van der Waals surface area contributed by atoms with E-state index in [4.69, 9.17) is 21.4 Å². The fourth-order valence-corrected chi connectivity index (χ4v) is 3.61. The minimum Gasteiger partial charge on any atom is -0.475 e. The van der Waals surface area contributed by atoms with Crippen LogP contribution >= 0.6 is 0 Å². The summed E-state index contributed by atoms with van der Waals surface area (Å²) in [5.41, 5.74) is 11.4. The molecule has 1 fully saturated rings. The Balaban J connectivity index is 0.000000505. The van der Waals surface area contributed by atoms with Gasteiger partial charge in [0.1, 0.15) is 11.4 Å². The lowest BCUT2D eigenvalue weighted by Gasteiger charge is -2.36. The van der Waals surface area contributed by atoms with Gasteiger partial charge >= 0.3 is 12.1 Å². The van der Waals surface area contributed by atoms with E-state index in [-0.39, 0.29) is 29.0 Å². The summed E-state index contributed by atoms with van der Waals surface area (Å²) in [6.07, 6.45) is -0.210. The number of carbonyl (C=O) groups is 3. The minimum absolute atomic E-state index is 0.0881. The molecule has 0 spiro atoms. The molecule has 2 atom stereocenters. The molecule has 0 bridgehead atoms. The van der Waals surface area contributed by atoms with Crippen molar-refractivity contribution in [1.82, 2.24) is 24.4 Å². The Hall–Kier alpha value is -4.35. The second-order valence-corrected chi connectivity index (χ2v) is 8.26. The lowest BCUT2D eigenvalue weighted by Crippen LogP contribution is -2.55. The molecule has 0 radical (unpaired) electrons. The van der Waals surface area contributed by atoms with Crippen LogP contribution in [0.1, 0.15) is 40.1 Å². The lowest BCUT2D eigenvalue weighted by molar-refractivity contribution is -0.192. The summed E-state index contributed by atoms with van der Waals surface area (Å²) >= 11 is 0. The summed E-state index contributed by atoms with van der Waals surface area (Å²) in [7, 11) is 1.58. The van der Waals surface area contributed by atoms with Gasteiger partial charge in [-0.2, -0.15) is 23.4 Å². The summed E-state index contributed by atoms with van der Waals surface area (Å²) in [6, 6.07) is -0.440. The Morgan fingerprint density at radius 2 is 1.92 bits per heavy atom. The number of nitrogens with zero attached hydrogens (tertiary/aromatic N) is 5. The summed E-state index contributed by atoms with van der Waals surface area (Å²) in [5, 5.41) is 20.6. The molecule has 0 aromatic carbocycles. The molecule has 1 aliphatic carbocycles. The van der Waals surface area contributed by atoms with Crippen molar-refractivity contribution in [2.24, 2.45) is 18.5 Å². The van der Waals surface area contributed by atoms with Crippen LogP contribution in [0.25, 0.3) is 5.65 Å². The van der Waals surface area contributed by atoms with Gasteiger partial charge in [-0.15, -0.1) is 0 Å². The van der Waals surface area contributed by atoms with E-state index in [0.717, 1.165) is 0 Å². The molecule has 18 heteroatoms. The van der Waals surface area contributed by atoms with Gasteiger partial charge in [0.25, 0.3) is 17.7 Å². The molecule has 3 aromatic heterocycles. The minimum atomic E-state index is -5.08. The van der Waals surface area contributed by atoms with E-state index in [1.807, 2.05) is 0 Å². The van der Waals surface area contributed by atoms with E-state index in [1.165, 1.54) is 21.6 Å². The maximum atomic E-state index is 13.9. The highest BCUT2D eigenvalue weighted by Crippen LogP contribution is 2.33. The highest BCUT2D eigenvalue weighted by atomic mass is 19.4. The van der Waals surface area contributed by atoms with Crippen molar-refractivity contribution < 1.29 is 41.4 Å². The average molecular weight is 547 g/mol. The number of hydrogen-bond donors (Lipinski definition) is 5. The van der Waals surface area contributed by atoms with Gasteiger partial charge in [0, 0.05) is 31.9 Å². The number of primary amides is 1. The first-order valence-electron chi connectivity index (χ1n) is 10.8. The number of alkyl halides is 5. The van der Waals surface area contributed by atoms with Crippen LogP contribution < -0.4 is 22.1 Å². The predicted molar refractivity (Wildman–Crippen MR) is 121 cm³/mol. The number of fused-ring (bicyclic) bond motifs is 1. The van der Waals surface area contributed by atoms with Crippen molar-refractivity contribution in [3.05, 3.63) is 35.9 Å². The molecule has 0 unspecified atom stereocenters. The molecule has 0 aliphatic heterocycles. The number of carboxylic acid groups (broad SMARTS) is 1. The normalized spacial score (nSPS) is 18.8. The molecule has 4 rings (SSSR count). The fourth-order valence-electron chi connectivity index (χ4n) is 3.61. The zero-order valence-electron chi connectivity index (χ0n) is 19.5. The van der Waals surface area contributed by atoms with Gasteiger partial charge in [0.15, 0.2) is 11.3 Å². The van der Waals surface area contributed by atoms with Gasteiger partial charge in [0.05, 0.1) is 17.9 Å². The van der Waals surface area contributed by atoms with E-state index in [9.17, 15) is 31.5 Å². The number of halogens is 5. The Bertz CT molecular complexity index is 1350. The molecular weight excluding hydrogens is 525 g/mol. The first-order valence-corrected chi connectivity index (χ1v) is 10.8. The van der Waals surface area contributed by atoms with E-state index >= 15 is 0 Å². The van der Waals surface area contributed by atoms with Crippen LogP contribution in [0, 0.1) is 0 Å². The summed E-state index contributed by atoms with van der Waals surface area (Å²) < 4.78 is 62.3. The number of carboxylic acids is 1. The molecule has 0 saturated heterocycles. The van der Waals surface area contributed by atoms with Gasteiger partial charge in [0.2, 0.25) is 0 Å². The van der Waals surface area contributed by atoms with Gasteiger partial charge in [-0.25, -0.2) is 23.1 Å². The molecule has 1 aliphatic rings. The number of carbonyl (C=O) groups excluding carboxylic acids is 2. The number of amides is 2. The first kappa shape index (κ1) is 28.2. The van der Waals surface area contributed by atoms with Gasteiger partial charge < -0.3 is 27.2 Å². The lowest BCUT2D eigenvalue weighted by atomic mass is 9.87. The van der Waals surface area contributed by atoms with Crippen LogP contribution in [0.15, 0.2) is 24.7 Å². The van der Waals surface area contributed by atoms with Crippen LogP contribution in [-0.2, 0) is 11.8 Å². The van der Waals surface area contributed by atoms with Crippen LogP contribution in [0.3, 0.4) is 0 Å². The number of anilines is 2. The van der Waals surface area contributed by atoms with Gasteiger partial charge in [-0.1, -0.05) is 0 Å². The van der Waals surface area contributed by atoms with Crippen molar-refractivity contribution in [3.63, 3.8) is 0 Å². The van der Waals surface area contributed by atoms with E-state index in [0.29, 0.717) is 18.7 Å². The monoisotopic (exact) mass is 547 g/mol. The Morgan fingerprint density at radius 1 is 1.26 bits per heavy atom. The highest BCUT2D eigenvalue weighted by Gasteiger charge is 2.44. The number of hydrogen-bond acceptors (Lipinski definition) is 8. The highest BCUT2D eigenvalue weighted by molar-refractivity contribution is 6.10. The SMILES string of the molecule is Cn1cc(NC(=O)c2cnn3ccc(N[C@@H]4CCCC(F)(F)[C@@H]4N)nc23)c(C(N)=O)n1.O=C(O)C(F)(F)F. The third kappa shape index (κ3) is 6.31. The van der Waals surface area contributed by atoms with Gasteiger partial charge in [-0.05, 0) is 18.9 Å². The smallest absolute Gasteiger partial charge is 0.475 e. The zero-order valence-corrected chi connectivity index (χ0v) is 19.5. The topological polar surface area (TPSA) is 196 Å². The van der Waals surface area contributed by atoms with Crippen LogP contribution in [-0.4, -0.2) is 71.5 Å². The Labute approximate surface area is 210 Å². The van der Waals surface area contributed by atoms with Crippen LogP contribution in [0.5, 0.6) is 0 Å². The van der Waals surface area contributed by atoms with Crippen molar-refractivity contribution in [2.75, 3.05) is 10.6 Å². The molecule has 2 amide bonds. The second-order valence-electron chi connectivity index (χ2n) is 8.26. The van der Waals surface area contributed by atoms with E-state index in [1.54, 1.807) is 19.3 Å². The quantitative estimate of drug-likeness (QED) is 0.293. The second kappa shape index (κ2) is 10.6. The summed E-state index contributed by atoms with van der Waals surface area (Å²) in [6.45, 7) is 0.